The largest absolute Gasteiger partial charge is 0.334 e. The number of rotatable bonds is 2. The highest BCUT2D eigenvalue weighted by Gasteiger charge is 2.21. The summed E-state index contributed by atoms with van der Waals surface area (Å²) >= 11 is 1.33. The van der Waals surface area contributed by atoms with Crippen molar-refractivity contribution < 1.29 is 4.79 Å². The van der Waals surface area contributed by atoms with Gasteiger partial charge in [-0.15, -0.1) is 0 Å². The van der Waals surface area contributed by atoms with Crippen molar-refractivity contribution >= 4 is 45.5 Å². The second-order valence-electron chi connectivity index (χ2n) is 5.15. The Morgan fingerprint density at radius 1 is 1.04 bits per heavy atom. The van der Waals surface area contributed by atoms with Gasteiger partial charge >= 0.3 is 0 Å². The van der Waals surface area contributed by atoms with Crippen LogP contribution in [0.3, 0.4) is 0 Å². The Balaban J connectivity index is 1.56. The highest BCUT2D eigenvalue weighted by Crippen LogP contribution is 2.29. The van der Waals surface area contributed by atoms with Crippen LogP contribution in [0.5, 0.6) is 0 Å². The minimum Gasteiger partial charge on any atom is -0.334 e. The summed E-state index contributed by atoms with van der Waals surface area (Å²) in [4.78, 5) is 25.0. The first kappa shape index (κ1) is 14.6. The maximum Gasteiger partial charge on any atom is 0.286 e. The van der Waals surface area contributed by atoms with Gasteiger partial charge in [-0.3, -0.25) is 14.8 Å². The monoisotopic (exact) mass is 332 g/mol. The van der Waals surface area contributed by atoms with Gasteiger partial charge in [0.15, 0.2) is 5.17 Å². The summed E-state index contributed by atoms with van der Waals surface area (Å²) in [6.07, 6.45) is 6.99. The predicted molar refractivity (Wildman–Crippen MR) is 97.6 cm³/mol. The van der Waals surface area contributed by atoms with Crippen molar-refractivity contribution in [3.05, 3.63) is 71.5 Å². The molecule has 5 nitrogen and oxygen atoms in total. The third kappa shape index (κ3) is 3.04. The number of nitrogens with one attached hydrogen (secondary N) is 1. The van der Waals surface area contributed by atoms with Crippen molar-refractivity contribution in [2.45, 2.75) is 0 Å². The molecule has 1 aromatic carbocycles. The van der Waals surface area contributed by atoms with Gasteiger partial charge in [-0.05, 0) is 53.7 Å². The molecule has 0 saturated heterocycles. The topological polar surface area (TPSA) is 67.2 Å². The van der Waals surface area contributed by atoms with Crippen molar-refractivity contribution in [1.82, 2.24) is 9.97 Å². The number of benzene rings is 1. The highest BCUT2D eigenvalue weighted by molar-refractivity contribution is 8.18. The standard InChI is InChI=1S/C18H12N4OS/c23-17-16(24-18(22-17)21-14-5-8-19-9-6-14)11-12-3-4-15-13(10-12)2-1-7-20-15/h1-11H,(H,19,21,22,23). The third-order valence-corrected chi connectivity index (χ3v) is 4.38. The quantitative estimate of drug-likeness (QED) is 0.725. The first-order chi connectivity index (χ1) is 11.8. The molecular formula is C18H12N4OS. The van der Waals surface area contributed by atoms with Crippen molar-refractivity contribution in [2.24, 2.45) is 4.99 Å². The Bertz CT molecular complexity index is 982. The normalized spacial score (nSPS) is 15.8. The molecule has 6 heteroatoms. The number of carbonyl (C=O) groups excluding carboxylic acids is 1. The SMILES string of the molecule is O=C1N=C(Nc2ccncc2)SC1=Cc1ccc2ncccc2c1. The maximum atomic E-state index is 12.1. The Labute approximate surface area is 142 Å². The molecule has 1 amide bonds. The zero-order valence-corrected chi connectivity index (χ0v) is 13.3. The van der Waals surface area contributed by atoms with Crippen molar-refractivity contribution in [1.29, 1.82) is 0 Å². The average Bonchev–Trinajstić information content (AvgIpc) is 2.95. The van der Waals surface area contributed by atoms with Gasteiger partial charge in [0.05, 0.1) is 10.4 Å². The molecule has 0 aliphatic carbocycles. The summed E-state index contributed by atoms with van der Waals surface area (Å²) in [7, 11) is 0. The number of fused-ring (bicyclic) bond motifs is 1. The fraction of sp³-hybridized carbons (Fsp3) is 0. The Morgan fingerprint density at radius 3 is 2.79 bits per heavy atom. The Morgan fingerprint density at radius 2 is 1.92 bits per heavy atom. The van der Waals surface area contributed by atoms with E-state index < -0.39 is 0 Å². The second kappa shape index (κ2) is 6.25. The molecule has 0 radical (unpaired) electrons. The molecule has 116 valence electrons. The Kier molecular flexibility index (Phi) is 3.80. The van der Waals surface area contributed by atoms with Crippen LogP contribution in [-0.4, -0.2) is 21.0 Å². The van der Waals surface area contributed by atoms with Crippen molar-refractivity contribution in [3.8, 4) is 0 Å². The number of aromatic nitrogens is 2. The van der Waals surface area contributed by atoms with E-state index in [0.717, 1.165) is 22.2 Å². The van der Waals surface area contributed by atoms with E-state index >= 15 is 0 Å². The molecule has 1 aliphatic heterocycles. The van der Waals surface area contributed by atoms with Gasteiger partial charge in [0, 0.05) is 29.7 Å². The minimum absolute atomic E-state index is 0.233. The smallest absolute Gasteiger partial charge is 0.286 e. The summed E-state index contributed by atoms with van der Waals surface area (Å²) in [6, 6.07) is 13.5. The summed E-state index contributed by atoms with van der Waals surface area (Å²) in [6.45, 7) is 0. The lowest BCUT2D eigenvalue weighted by atomic mass is 10.1. The van der Waals surface area contributed by atoms with Crippen LogP contribution in [0.15, 0.2) is 71.0 Å². The number of carbonyl (C=O) groups is 1. The van der Waals surface area contributed by atoms with Gasteiger partial charge in [-0.1, -0.05) is 12.1 Å². The van der Waals surface area contributed by atoms with E-state index in [9.17, 15) is 4.79 Å². The summed E-state index contributed by atoms with van der Waals surface area (Å²) in [5, 5.41) is 4.73. The molecule has 24 heavy (non-hydrogen) atoms. The van der Waals surface area contributed by atoms with Crippen molar-refractivity contribution in [2.75, 3.05) is 5.32 Å². The number of amidine groups is 1. The predicted octanol–water partition coefficient (Wildman–Crippen LogP) is 3.71. The van der Waals surface area contributed by atoms with Gasteiger partial charge in [0.1, 0.15) is 0 Å². The molecule has 3 aromatic rings. The third-order valence-electron chi connectivity index (χ3n) is 3.48. The van der Waals surface area contributed by atoms with Crippen LogP contribution >= 0.6 is 11.8 Å². The van der Waals surface area contributed by atoms with E-state index in [-0.39, 0.29) is 5.91 Å². The number of aliphatic imine (C=N–C) groups is 1. The summed E-state index contributed by atoms with van der Waals surface area (Å²) in [5.74, 6) is -0.233. The van der Waals surface area contributed by atoms with E-state index in [0.29, 0.717) is 10.1 Å². The van der Waals surface area contributed by atoms with Gasteiger partial charge in [0.25, 0.3) is 5.91 Å². The molecule has 3 heterocycles. The first-order valence-corrected chi connectivity index (χ1v) is 8.14. The maximum absolute atomic E-state index is 12.1. The fourth-order valence-electron chi connectivity index (χ4n) is 2.36. The molecule has 2 aromatic heterocycles. The number of amides is 1. The van der Waals surface area contributed by atoms with Crippen LogP contribution in [0.25, 0.3) is 17.0 Å². The fourth-order valence-corrected chi connectivity index (χ4v) is 3.19. The zero-order valence-electron chi connectivity index (χ0n) is 12.5. The molecule has 0 atom stereocenters. The minimum atomic E-state index is -0.233. The lowest BCUT2D eigenvalue weighted by Crippen LogP contribution is -2.04. The van der Waals surface area contributed by atoms with Crippen LogP contribution in [-0.2, 0) is 4.79 Å². The molecule has 1 N–H and O–H groups in total. The summed E-state index contributed by atoms with van der Waals surface area (Å²) in [5.41, 5.74) is 2.73. The lowest BCUT2D eigenvalue weighted by Gasteiger charge is -2.03. The second-order valence-corrected chi connectivity index (χ2v) is 6.18. The van der Waals surface area contributed by atoms with Gasteiger partial charge in [-0.25, -0.2) is 0 Å². The van der Waals surface area contributed by atoms with Gasteiger partial charge in [-0.2, -0.15) is 4.99 Å². The van der Waals surface area contributed by atoms with Crippen LogP contribution in [0.4, 0.5) is 5.69 Å². The molecule has 0 saturated carbocycles. The number of hydrogen-bond donors (Lipinski definition) is 1. The van der Waals surface area contributed by atoms with E-state index in [1.54, 1.807) is 18.6 Å². The zero-order chi connectivity index (χ0) is 16.4. The van der Waals surface area contributed by atoms with Gasteiger partial charge in [0.2, 0.25) is 0 Å². The van der Waals surface area contributed by atoms with Crippen molar-refractivity contribution in [3.63, 3.8) is 0 Å². The lowest BCUT2D eigenvalue weighted by molar-refractivity contribution is -0.113. The first-order valence-electron chi connectivity index (χ1n) is 7.32. The van der Waals surface area contributed by atoms with E-state index in [1.165, 1.54) is 11.8 Å². The van der Waals surface area contributed by atoms with Crippen LogP contribution < -0.4 is 5.32 Å². The molecule has 4 rings (SSSR count). The van der Waals surface area contributed by atoms with E-state index in [2.05, 4.69) is 20.3 Å². The van der Waals surface area contributed by atoms with Crippen LogP contribution in [0.1, 0.15) is 5.56 Å². The van der Waals surface area contributed by atoms with Crippen LogP contribution in [0.2, 0.25) is 0 Å². The molecule has 0 bridgehead atoms. The summed E-state index contributed by atoms with van der Waals surface area (Å²) < 4.78 is 0. The molecule has 0 fully saturated rings. The Hall–Kier alpha value is -2.99. The molecule has 0 unspecified atom stereocenters. The van der Waals surface area contributed by atoms with Gasteiger partial charge < -0.3 is 5.32 Å². The number of hydrogen-bond acceptors (Lipinski definition) is 5. The molecule has 0 spiro atoms. The van der Waals surface area contributed by atoms with E-state index in [1.807, 2.05) is 48.5 Å². The van der Waals surface area contributed by atoms with Crippen LogP contribution in [0, 0.1) is 0 Å². The highest BCUT2D eigenvalue weighted by atomic mass is 32.2. The number of pyridine rings is 2. The number of thioether (sulfide) groups is 1. The number of nitrogens with zero attached hydrogens (tertiary/aromatic N) is 3. The molecular weight excluding hydrogens is 320 g/mol. The average molecular weight is 332 g/mol. The molecule has 1 aliphatic rings. The van der Waals surface area contributed by atoms with E-state index in [4.69, 9.17) is 0 Å². The number of anilines is 1.